The molecule has 2 amide bonds. The summed E-state index contributed by atoms with van der Waals surface area (Å²) in [5.74, 6) is -0.176. The molecule has 3 saturated heterocycles. The first-order valence-electron chi connectivity index (χ1n) is 9.43. The number of hydrogen-bond donors (Lipinski definition) is 0. The summed E-state index contributed by atoms with van der Waals surface area (Å²) in [6, 6.07) is 1.88. The largest absolute Gasteiger partial charge is 0.340 e. The number of hydrogen-bond acceptors (Lipinski definition) is 6. The van der Waals surface area contributed by atoms with E-state index < -0.39 is 9.84 Å². The van der Waals surface area contributed by atoms with Crippen LogP contribution in [0.5, 0.6) is 0 Å². The van der Waals surface area contributed by atoms with Gasteiger partial charge in [-0.25, -0.2) is 8.42 Å². The minimum Gasteiger partial charge on any atom is -0.340 e. The molecule has 148 valence electrons. The smallest absolute Gasteiger partial charge is 0.228 e. The van der Waals surface area contributed by atoms with Gasteiger partial charge in [0.15, 0.2) is 9.84 Å². The molecule has 0 aromatic carbocycles. The molecule has 7 nitrogen and oxygen atoms in total. The molecule has 0 N–H and O–H groups in total. The molecule has 3 aliphatic heterocycles. The maximum absolute atomic E-state index is 12.9. The second-order valence-corrected chi connectivity index (χ2v) is 10.7. The highest BCUT2D eigenvalue weighted by Gasteiger charge is 2.43. The highest BCUT2D eigenvalue weighted by atomic mass is 32.2. The summed E-state index contributed by atoms with van der Waals surface area (Å²) >= 11 is 1.70. The SMILES string of the molecule is O=C([C@@H]1CC(=O)N([C@H]2CCS(=O)(=O)C2)C1)N1CCN(Cc2ccsc2)CC1. The lowest BCUT2D eigenvalue weighted by molar-refractivity contribution is -0.137. The van der Waals surface area contributed by atoms with Gasteiger partial charge in [0.05, 0.1) is 17.4 Å². The minimum absolute atomic E-state index is 0.0426. The molecular weight excluding hydrogens is 386 g/mol. The van der Waals surface area contributed by atoms with Crippen LogP contribution in [0.15, 0.2) is 16.8 Å². The van der Waals surface area contributed by atoms with Crippen molar-refractivity contribution in [2.45, 2.75) is 25.4 Å². The van der Waals surface area contributed by atoms with Gasteiger partial charge in [0.1, 0.15) is 0 Å². The van der Waals surface area contributed by atoms with Crippen LogP contribution >= 0.6 is 11.3 Å². The lowest BCUT2D eigenvalue weighted by Crippen LogP contribution is -2.50. The number of sulfone groups is 1. The van der Waals surface area contributed by atoms with Gasteiger partial charge in [-0.2, -0.15) is 11.3 Å². The first-order valence-corrected chi connectivity index (χ1v) is 12.2. The fourth-order valence-corrected chi connectivity index (χ4v) is 6.69. The van der Waals surface area contributed by atoms with Gasteiger partial charge in [-0.3, -0.25) is 14.5 Å². The average molecular weight is 412 g/mol. The predicted octanol–water partition coefficient (Wildman–Crippen LogP) is 0.428. The van der Waals surface area contributed by atoms with E-state index in [1.807, 2.05) is 4.90 Å². The number of amides is 2. The van der Waals surface area contributed by atoms with Gasteiger partial charge >= 0.3 is 0 Å². The van der Waals surface area contributed by atoms with Crippen molar-refractivity contribution < 1.29 is 18.0 Å². The number of carbonyl (C=O) groups excluding carboxylic acids is 2. The molecule has 1 aromatic heterocycles. The van der Waals surface area contributed by atoms with Crippen LogP contribution in [0.25, 0.3) is 0 Å². The Morgan fingerprint density at radius 2 is 2.00 bits per heavy atom. The van der Waals surface area contributed by atoms with Gasteiger partial charge < -0.3 is 9.80 Å². The first kappa shape index (κ1) is 18.9. The maximum Gasteiger partial charge on any atom is 0.228 e. The zero-order valence-electron chi connectivity index (χ0n) is 15.2. The van der Waals surface area contributed by atoms with Crippen LogP contribution in [0.3, 0.4) is 0 Å². The third kappa shape index (κ3) is 4.20. The molecule has 0 radical (unpaired) electrons. The molecule has 0 aliphatic carbocycles. The first-order chi connectivity index (χ1) is 12.9. The van der Waals surface area contributed by atoms with Gasteiger partial charge in [-0.1, -0.05) is 0 Å². The maximum atomic E-state index is 12.9. The lowest BCUT2D eigenvalue weighted by atomic mass is 10.1. The minimum atomic E-state index is -3.04. The van der Waals surface area contributed by atoms with Gasteiger partial charge in [0, 0.05) is 51.7 Å². The van der Waals surface area contributed by atoms with Crippen LogP contribution in [-0.2, 0) is 26.0 Å². The number of thiophene rings is 1. The molecule has 4 rings (SSSR count). The second kappa shape index (κ2) is 7.52. The van der Waals surface area contributed by atoms with Crippen LogP contribution < -0.4 is 0 Å². The molecule has 27 heavy (non-hydrogen) atoms. The van der Waals surface area contributed by atoms with E-state index >= 15 is 0 Å². The Hall–Kier alpha value is -1.45. The van der Waals surface area contributed by atoms with Crippen molar-refractivity contribution in [3.8, 4) is 0 Å². The van der Waals surface area contributed by atoms with E-state index in [1.54, 1.807) is 16.2 Å². The summed E-state index contributed by atoms with van der Waals surface area (Å²) in [5.41, 5.74) is 1.31. The molecule has 0 bridgehead atoms. The van der Waals surface area contributed by atoms with Crippen molar-refractivity contribution in [3.05, 3.63) is 22.4 Å². The van der Waals surface area contributed by atoms with Gasteiger partial charge in [0.25, 0.3) is 0 Å². The van der Waals surface area contributed by atoms with E-state index in [9.17, 15) is 18.0 Å². The zero-order chi connectivity index (χ0) is 19.0. The molecule has 0 unspecified atom stereocenters. The highest BCUT2D eigenvalue weighted by molar-refractivity contribution is 7.91. The van der Waals surface area contributed by atoms with Crippen LogP contribution in [0.1, 0.15) is 18.4 Å². The Morgan fingerprint density at radius 3 is 2.63 bits per heavy atom. The van der Waals surface area contributed by atoms with Crippen LogP contribution in [0, 0.1) is 5.92 Å². The summed E-state index contributed by atoms with van der Waals surface area (Å²) in [6.45, 7) is 4.33. The number of piperazine rings is 1. The Morgan fingerprint density at radius 1 is 1.22 bits per heavy atom. The molecular formula is C18H25N3O4S2. The Balaban J connectivity index is 1.29. The van der Waals surface area contributed by atoms with Gasteiger partial charge in [-0.15, -0.1) is 0 Å². The monoisotopic (exact) mass is 411 g/mol. The Bertz CT molecular complexity index is 801. The Kier molecular flexibility index (Phi) is 5.26. The molecule has 4 heterocycles. The highest BCUT2D eigenvalue weighted by Crippen LogP contribution is 2.27. The van der Waals surface area contributed by atoms with Crippen LogP contribution in [-0.4, -0.2) is 85.2 Å². The summed E-state index contributed by atoms with van der Waals surface area (Å²) in [5, 5.41) is 4.23. The van der Waals surface area contributed by atoms with E-state index in [4.69, 9.17) is 0 Å². The standard InChI is InChI=1S/C18H25N3O4S2/c22-17-9-15(11-21(17)16-2-8-27(24,25)13-16)18(23)20-5-3-19(4-6-20)10-14-1-7-26-12-14/h1,7,12,15-16H,2-6,8-11,13H2/t15-,16+/m1/s1. The van der Waals surface area contributed by atoms with Crippen molar-refractivity contribution >= 4 is 33.0 Å². The van der Waals surface area contributed by atoms with Crippen LogP contribution in [0.4, 0.5) is 0 Å². The van der Waals surface area contributed by atoms with Crippen molar-refractivity contribution in [2.24, 2.45) is 5.92 Å². The fraction of sp³-hybridized carbons (Fsp3) is 0.667. The van der Waals surface area contributed by atoms with E-state index in [0.717, 1.165) is 19.6 Å². The summed E-state index contributed by atoms with van der Waals surface area (Å²) < 4.78 is 23.4. The second-order valence-electron chi connectivity index (χ2n) is 7.74. The number of likely N-dealkylation sites (tertiary alicyclic amines) is 1. The van der Waals surface area contributed by atoms with Crippen molar-refractivity contribution in [2.75, 3.05) is 44.2 Å². The quantitative estimate of drug-likeness (QED) is 0.718. The molecule has 0 spiro atoms. The average Bonchev–Trinajstić information content (AvgIpc) is 3.35. The number of carbonyl (C=O) groups is 2. The van der Waals surface area contributed by atoms with E-state index in [1.165, 1.54) is 5.56 Å². The molecule has 1 aromatic rings. The molecule has 0 saturated carbocycles. The molecule has 9 heteroatoms. The van der Waals surface area contributed by atoms with Crippen LogP contribution in [0.2, 0.25) is 0 Å². The van der Waals surface area contributed by atoms with Crippen molar-refractivity contribution in [3.63, 3.8) is 0 Å². The number of nitrogens with zero attached hydrogens (tertiary/aromatic N) is 3. The normalized spacial score (nSPS) is 28.8. The summed E-state index contributed by atoms with van der Waals surface area (Å²) in [7, 11) is -3.04. The van der Waals surface area contributed by atoms with Crippen molar-refractivity contribution in [1.82, 2.24) is 14.7 Å². The third-order valence-corrected chi connectivity index (χ3v) is 8.31. The van der Waals surface area contributed by atoms with E-state index in [-0.39, 0.29) is 41.7 Å². The summed E-state index contributed by atoms with van der Waals surface area (Å²) in [6.07, 6.45) is 0.709. The molecule has 3 aliphatic rings. The zero-order valence-corrected chi connectivity index (χ0v) is 16.9. The topological polar surface area (TPSA) is 78.0 Å². The third-order valence-electron chi connectivity index (χ3n) is 5.83. The molecule has 3 fully saturated rings. The molecule has 2 atom stereocenters. The predicted molar refractivity (Wildman–Crippen MR) is 103 cm³/mol. The van der Waals surface area contributed by atoms with Gasteiger partial charge in [0.2, 0.25) is 11.8 Å². The van der Waals surface area contributed by atoms with Crippen molar-refractivity contribution in [1.29, 1.82) is 0 Å². The van der Waals surface area contributed by atoms with Gasteiger partial charge in [-0.05, 0) is 28.8 Å². The fourth-order valence-electron chi connectivity index (χ4n) is 4.30. The van der Waals surface area contributed by atoms with E-state index in [0.29, 0.717) is 26.1 Å². The Labute approximate surface area is 163 Å². The summed E-state index contributed by atoms with van der Waals surface area (Å²) in [4.78, 5) is 31.1. The van der Waals surface area contributed by atoms with E-state index in [2.05, 4.69) is 21.7 Å². The lowest BCUT2D eigenvalue weighted by Gasteiger charge is -2.35. The number of rotatable bonds is 4.